The summed E-state index contributed by atoms with van der Waals surface area (Å²) in [5, 5.41) is 13.3. The molecule has 1 amide bonds. The van der Waals surface area contributed by atoms with Crippen LogP contribution in [-0.2, 0) is 0 Å². The van der Waals surface area contributed by atoms with Gasteiger partial charge in [0.2, 0.25) is 0 Å². The Hall–Kier alpha value is -1.58. The number of carbonyl (C=O) groups excluding carboxylic acids is 1. The van der Waals surface area contributed by atoms with Crippen molar-refractivity contribution >= 4 is 60.9 Å². The maximum absolute atomic E-state index is 12.1. The van der Waals surface area contributed by atoms with Gasteiger partial charge in [0.1, 0.15) is 14.2 Å². The third-order valence-corrected chi connectivity index (χ3v) is 3.59. The molecule has 0 radical (unpaired) electrons. The maximum Gasteiger partial charge on any atom is 0.288 e. The van der Waals surface area contributed by atoms with Crippen LogP contribution in [0.15, 0.2) is 33.6 Å². The molecule has 10 heteroatoms. The fourth-order valence-electron chi connectivity index (χ4n) is 1.40. The molecule has 0 aliphatic carbocycles. The maximum atomic E-state index is 12.1. The van der Waals surface area contributed by atoms with E-state index in [1.807, 2.05) is 0 Å². The highest BCUT2D eigenvalue weighted by molar-refractivity contribution is 9.11. The van der Waals surface area contributed by atoms with Gasteiger partial charge < -0.3 is 5.32 Å². The Morgan fingerprint density at radius 1 is 1.38 bits per heavy atom. The number of anilines is 1. The molecule has 1 aromatic heterocycles. The molecule has 2 rings (SSSR count). The van der Waals surface area contributed by atoms with E-state index in [0.717, 1.165) is 6.07 Å². The molecule has 0 fully saturated rings. The standard InChI is InChI=1S/C11H5Br2ClN4O3/c12-8-4-15-10(9(13)16-8)17-11(19)5-1-2-6(14)7(3-5)18(20)21/h1-4H,(H,15,17,19). The minimum atomic E-state index is -0.658. The highest BCUT2D eigenvalue weighted by Crippen LogP contribution is 2.26. The van der Waals surface area contributed by atoms with E-state index >= 15 is 0 Å². The van der Waals surface area contributed by atoms with Crippen molar-refractivity contribution in [2.75, 3.05) is 5.32 Å². The van der Waals surface area contributed by atoms with Crippen LogP contribution in [0.5, 0.6) is 0 Å². The van der Waals surface area contributed by atoms with E-state index in [9.17, 15) is 14.9 Å². The van der Waals surface area contributed by atoms with Crippen LogP contribution >= 0.6 is 43.5 Å². The highest BCUT2D eigenvalue weighted by atomic mass is 79.9. The Morgan fingerprint density at radius 2 is 2.10 bits per heavy atom. The molecule has 1 heterocycles. The molecule has 0 saturated carbocycles. The van der Waals surface area contributed by atoms with Gasteiger partial charge in [-0.1, -0.05) is 11.6 Å². The van der Waals surface area contributed by atoms with Gasteiger partial charge in [0.05, 0.1) is 11.1 Å². The van der Waals surface area contributed by atoms with E-state index in [1.165, 1.54) is 18.3 Å². The summed E-state index contributed by atoms with van der Waals surface area (Å²) in [5.74, 6) is -0.368. The number of amides is 1. The van der Waals surface area contributed by atoms with E-state index in [-0.39, 0.29) is 22.1 Å². The Kier molecular flexibility index (Phi) is 4.86. The van der Waals surface area contributed by atoms with Gasteiger partial charge >= 0.3 is 0 Å². The van der Waals surface area contributed by atoms with Gasteiger partial charge in [0.15, 0.2) is 5.82 Å². The molecule has 0 saturated heterocycles. The van der Waals surface area contributed by atoms with Crippen molar-refractivity contribution in [1.82, 2.24) is 9.97 Å². The molecule has 108 valence electrons. The van der Waals surface area contributed by atoms with Crippen molar-refractivity contribution < 1.29 is 9.72 Å². The number of aromatic nitrogens is 2. The third kappa shape index (κ3) is 3.74. The van der Waals surface area contributed by atoms with Crippen molar-refractivity contribution in [3.63, 3.8) is 0 Å². The van der Waals surface area contributed by atoms with E-state index in [0.29, 0.717) is 9.21 Å². The van der Waals surface area contributed by atoms with Crippen LogP contribution in [0.4, 0.5) is 11.5 Å². The fraction of sp³-hybridized carbons (Fsp3) is 0. The van der Waals surface area contributed by atoms with Crippen LogP contribution in [0.25, 0.3) is 0 Å². The summed E-state index contributed by atoms with van der Waals surface area (Å²) >= 11 is 12.0. The molecule has 0 bridgehead atoms. The normalized spacial score (nSPS) is 10.2. The molecule has 1 aromatic carbocycles. The Bertz CT molecular complexity index is 741. The summed E-state index contributed by atoms with van der Waals surface area (Å²) in [6.07, 6.45) is 1.41. The van der Waals surface area contributed by atoms with E-state index in [2.05, 4.69) is 47.1 Å². The number of nitro benzene ring substituents is 1. The first kappa shape index (κ1) is 15.8. The lowest BCUT2D eigenvalue weighted by Crippen LogP contribution is -2.14. The second kappa shape index (κ2) is 6.46. The lowest BCUT2D eigenvalue weighted by atomic mass is 10.2. The zero-order valence-corrected chi connectivity index (χ0v) is 13.9. The van der Waals surface area contributed by atoms with Crippen LogP contribution in [0.3, 0.4) is 0 Å². The zero-order valence-electron chi connectivity index (χ0n) is 10.0. The van der Waals surface area contributed by atoms with Crippen molar-refractivity contribution in [1.29, 1.82) is 0 Å². The van der Waals surface area contributed by atoms with Crippen LogP contribution < -0.4 is 5.32 Å². The molecular weight excluding hydrogens is 431 g/mol. The molecule has 0 aliphatic heterocycles. The number of nitro groups is 1. The number of nitrogens with zero attached hydrogens (tertiary/aromatic N) is 3. The molecule has 0 unspecified atom stereocenters. The zero-order chi connectivity index (χ0) is 15.6. The van der Waals surface area contributed by atoms with Crippen LogP contribution in [0, 0.1) is 10.1 Å². The van der Waals surface area contributed by atoms with E-state index in [4.69, 9.17) is 11.6 Å². The van der Waals surface area contributed by atoms with Gasteiger partial charge in [-0.05, 0) is 44.0 Å². The van der Waals surface area contributed by atoms with Gasteiger partial charge in [0, 0.05) is 11.6 Å². The van der Waals surface area contributed by atoms with Gasteiger partial charge in [-0.25, -0.2) is 9.97 Å². The second-order valence-corrected chi connectivity index (χ2v) is 5.68. The van der Waals surface area contributed by atoms with Crippen LogP contribution in [0.1, 0.15) is 10.4 Å². The highest BCUT2D eigenvalue weighted by Gasteiger charge is 2.17. The minimum absolute atomic E-state index is 0.0406. The number of hydrogen-bond donors (Lipinski definition) is 1. The topological polar surface area (TPSA) is 98.0 Å². The fourth-order valence-corrected chi connectivity index (χ4v) is 2.50. The summed E-state index contributed by atoms with van der Waals surface area (Å²) in [7, 11) is 0. The molecule has 0 spiro atoms. The Balaban J connectivity index is 2.28. The second-order valence-electron chi connectivity index (χ2n) is 3.71. The molecule has 0 aliphatic rings. The number of halogens is 3. The summed E-state index contributed by atoms with van der Waals surface area (Å²) in [6, 6.07) is 3.76. The Labute approximate surface area is 140 Å². The Morgan fingerprint density at radius 3 is 2.71 bits per heavy atom. The number of nitrogens with one attached hydrogen (secondary N) is 1. The number of benzene rings is 1. The summed E-state index contributed by atoms with van der Waals surface area (Å²) in [6.45, 7) is 0. The van der Waals surface area contributed by atoms with Crippen LogP contribution in [-0.4, -0.2) is 20.8 Å². The number of hydrogen-bond acceptors (Lipinski definition) is 5. The summed E-state index contributed by atoms with van der Waals surface area (Å²) in [4.78, 5) is 30.2. The van der Waals surface area contributed by atoms with Gasteiger partial charge in [-0.3, -0.25) is 14.9 Å². The van der Waals surface area contributed by atoms with Crippen molar-refractivity contribution in [3.05, 3.63) is 54.3 Å². The van der Waals surface area contributed by atoms with Gasteiger partial charge in [-0.2, -0.15) is 0 Å². The van der Waals surface area contributed by atoms with E-state index in [1.54, 1.807) is 0 Å². The first-order valence-electron chi connectivity index (χ1n) is 5.32. The molecule has 0 atom stereocenters. The van der Waals surface area contributed by atoms with Gasteiger partial charge in [-0.15, -0.1) is 0 Å². The predicted molar refractivity (Wildman–Crippen MR) is 83.5 cm³/mol. The van der Waals surface area contributed by atoms with E-state index < -0.39 is 10.8 Å². The minimum Gasteiger partial charge on any atom is -0.304 e. The number of carbonyl (C=O) groups is 1. The smallest absolute Gasteiger partial charge is 0.288 e. The van der Waals surface area contributed by atoms with Crippen LogP contribution in [0.2, 0.25) is 5.02 Å². The molecule has 1 N–H and O–H groups in total. The predicted octanol–water partition coefficient (Wildman–Crippen LogP) is 3.82. The average molecular weight is 436 g/mol. The van der Waals surface area contributed by atoms with Crippen molar-refractivity contribution in [3.8, 4) is 0 Å². The largest absolute Gasteiger partial charge is 0.304 e. The monoisotopic (exact) mass is 434 g/mol. The van der Waals surface area contributed by atoms with Crippen molar-refractivity contribution in [2.24, 2.45) is 0 Å². The molecule has 7 nitrogen and oxygen atoms in total. The molecule has 21 heavy (non-hydrogen) atoms. The summed E-state index contributed by atoms with van der Waals surface area (Å²) in [5.41, 5.74) is -0.256. The first-order valence-corrected chi connectivity index (χ1v) is 7.28. The SMILES string of the molecule is O=C(Nc1ncc(Br)nc1Br)c1ccc(Cl)c([N+](=O)[O-])c1. The number of rotatable bonds is 3. The molecule has 2 aromatic rings. The lowest BCUT2D eigenvalue weighted by Gasteiger charge is -2.06. The lowest BCUT2D eigenvalue weighted by molar-refractivity contribution is -0.384. The van der Waals surface area contributed by atoms with Gasteiger partial charge in [0.25, 0.3) is 11.6 Å². The first-order chi connectivity index (χ1) is 9.88. The molecular formula is C11H5Br2ClN4O3. The average Bonchev–Trinajstić information content (AvgIpc) is 2.42. The quantitative estimate of drug-likeness (QED) is 0.583. The third-order valence-electron chi connectivity index (χ3n) is 2.34. The summed E-state index contributed by atoms with van der Waals surface area (Å²) < 4.78 is 0.822. The van der Waals surface area contributed by atoms with Crippen molar-refractivity contribution in [2.45, 2.75) is 0 Å².